The Kier molecular flexibility index (Phi) is 5.88. The average molecular weight is 320 g/mol. The molecule has 0 saturated heterocycles. The first-order valence-corrected chi connectivity index (χ1v) is 7.54. The fourth-order valence-corrected chi connectivity index (χ4v) is 2.45. The number of nitrogens with one attached hydrogen (secondary N) is 1. The lowest BCUT2D eigenvalue weighted by molar-refractivity contribution is 0.314. The van der Waals surface area contributed by atoms with Gasteiger partial charge in [0.15, 0.2) is 4.77 Å². The molecule has 5 N–H and O–H groups in total. The average Bonchev–Trinajstić information content (AvgIpc) is 2.50. The molecule has 1 aromatic carbocycles. The lowest BCUT2D eigenvalue weighted by Gasteiger charge is -2.16. The number of aromatic amines is 1. The Hall–Kier alpha value is -1.96. The van der Waals surface area contributed by atoms with Crippen LogP contribution in [0, 0.1) is 4.77 Å². The Morgan fingerprint density at radius 1 is 1.23 bits per heavy atom. The number of para-hydroxylation sites is 1. The van der Waals surface area contributed by atoms with Crippen LogP contribution in [-0.2, 0) is 6.54 Å². The van der Waals surface area contributed by atoms with Gasteiger partial charge >= 0.3 is 0 Å². The van der Waals surface area contributed by atoms with Gasteiger partial charge in [-0.15, -0.1) is 0 Å². The lowest BCUT2D eigenvalue weighted by Crippen LogP contribution is -2.19. The Morgan fingerprint density at radius 2 is 2.00 bits per heavy atom. The minimum atomic E-state index is -0.245. The number of ether oxygens (including phenoxy) is 1. The Balaban J connectivity index is 2.51. The second kappa shape index (κ2) is 7.88. The van der Waals surface area contributed by atoms with Crippen molar-refractivity contribution in [3.63, 3.8) is 0 Å². The molecule has 2 rings (SSSR count). The largest absolute Gasteiger partial charge is 0.493 e. The third-order valence-electron chi connectivity index (χ3n) is 3.16. The maximum absolute atomic E-state index is 11.8. The van der Waals surface area contributed by atoms with E-state index >= 15 is 0 Å². The molecule has 0 amide bonds. The molecule has 1 aromatic heterocycles. The van der Waals surface area contributed by atoms with Crippen LogP contribution in [0.25, 0.3) is 11.3 Å². The van der Waals surface area contributed by atoms with E-state index in [1.54, 1.807) is 0 Å². The fraction of sp³-hybridized carbons (Fsp3) is 0.333. The zero-order valence-electron chi connectivity index (χ0n) is 12.2. The Morgan fingerprint density at radius 3 is 2.73 bits per heavy atom. The summed E-state index contributed by atoms with van der Waals surface area (Å²) in [6.07, 6.45) is 0.763. The van der Waals surface area contributed by atoms with Crippen LogP contribution < -0.4 is 21.8 Å². The molecular formula is C15H20N4O2S. The number of nitrogens with two attached hydrogens (primary N) is 2. The molecule has 6 nitrogen and oxygen atoms in total. The fourth-order valence-electron chi connectivity index (χ4n) is 2.16. The van der Waals surface area contributed by atoms with Gasteiger partial charge in [-0.05, 0) is 37.3 Å². The number of hydrogen-bond acceptors (Lipinski definition) is 5. The van der Waals surface area contributed by atoms with E-state index in [1.165, 1.54) is 6.07 Å². The monoisotopic (exact) mass is 320 g/mol. The number of nitrogens with zero attached hydrogens (tertiary/aromatic N) is 1. The van der Waals surface area contributed by atoms with Crippen LogP contribution >= 0.6 is 12.2 Å². The minimum absolute atomic E-state index is 0.245. The summed E-state index contributed by atoms with van der Waals surface area (Å²) in [5.74, 6) is 0.696. The van der Waals surface area contributed by atoms with Gasteiger partial charge in [0.25, 0.3) is 5.56 Å². The van der Waals surface area contributed by atoms with Crippen molar-refractivity contribution in [3.05, 3.63) is 45.5 Å². The van der Waals surface area contributed by atoms with E-state index in [0.717, 1.165) is 12.0 Å². The predicted octanol–water partition coefficient (Wildman–Crippen LogP) is 1.26. The van der Waals surface area contributed by atoms with Crippen LogP contribution in [0.3, 0.4) is 0 Å². The van der Waals surface area contributed by atoms with Crippen LogP contribution in [0.15, 0.2) is 35.1 Å². The molecule has 0 atom stereocenters. The van der Waals surface area contributed by atoms with E-state index in [9.17, 15) is 4.79 Å². The summed E-state index contributed by atoms with van der Waals surface area (Å²) in [6.45, 7) is 2.02. The van der Waals surface area contributed by atoms with Crippen molar-refractivity contribution in [2.75, 3.05) is 19.7 Å². The van der Waals surface area contributed by atoms with Gasteiger partial charge < -0.3 is 20.8 Å². The molecule has 0 aliphatic heterocycles. The van der Waals surface area contributed by atoms with Crippen molar-refractivity contribution in [2.45, 2.75) is 13.0 Å². The SMILES string of the molecule is NCCCOc1ccccc1-c1cc(=O)[nH]c(=S)n1CCN. The molecule has 0 radical (unpaired) electrons. The third kappa shape index (κ3) is 3.82. The zero-order valence-corrected chi connectivity index (χ0v) is 13.1. The molecule has 2 aromatic rings. The number of hydrogen-bond donors (Lipinski definition) is 3. The van der Waals surface area contributed by atoms with Crippen LogP contribution in [0.5, 0.6) is 5.75 Å². The smallest absolute Gasteiger partial charge is 0.252 e. The molecule has 0 unspecified atom stereocenters. The topological polar surface area (TPSA) is 99.1 Å². The summed E-state index contributed by atoms with van der Waals surface area (Å²) >= 11 is 5.24. The van der Waals surface area contributed by atoms with Crippen molar-refractivity contribution < 1.29 is 4.74 Å². The molecule has 0 fully saturated rings. The van der Waals surface area contributed by atoms with Gasteiger partial charge in [-0.1, -0.05) is 12.1 Å². The molecule has 0 spiro atoms. The zero-order chi connectivity index (χ0) is 15.9. The number of H-pyrrole nitrogens is 1. The quantitative estimate of drug-likeness (QED) is 0.527. The summed E-state index contributed by atoms with van der Waals surface area (Å²) < 4.78 is 7.93. The first-order chi connectivity index (χ1) is 10.7. The van der Waals surface area contributed by atoms with Crippen molar-refractivity contribution in [1.82, 2.24) is 9.55 Å². The Bertz CT molecular complexity index is 739. The van der Waals surface area contributed by atoms with Crippen LogP contribution in [-0.4, -0.2) is 29.2 Å². The van der Waals surface area contributed by atoms with E-state index < -0.39 is 0 Å². The van der Waals surface area contributed by atoms with Gasteiger partial charge in [0, 0.05) is 24.7 Å². The molecule has 0 bridgehead atoms. The highest BCUT2D eigenvalue weighted by atomic mass is 32.1. The summed E-state index contributed by atoms with van der Waals surface area (Å²) in [5.41, 5.74) is 12.4. The van der Waals surface area contributed by atoms with E-state index in [4.69, 9.17) is 28.4 Å². The van der Waals surface area contributed by atoms with Crippen LogP contribution in [0.1, 0.15) is 6.42 Å². The van der Waals surface area contributed by atoms with E-state index in [2.05, 4.69) is 4.98 Å². The van der Waals surface area contributed by atoms with Crippen molar-refractivity contribution >= 4 is 12.2 Å². The standard InChI is InChI=1S/C15H20N4O2S/c16-6-3-9-21-13-5-2-1-4-11(13)12-10-14(20)18-15(22)19(12)8-7-17/h1-2,4-5,10H,3,6-9,16-17H2,(H,18,20,22). The normalized spacial score (nSPS) is 10.6. The molecule has 22 heavy (non-hydrogen) atoms. The number of aromatic nitrogens is 2. The molecule has 118 valence electrons. The first kappa shape index (κ1) is 16.4. The predicted molar refractivity (Wildman–Crippen MR) is 89.5 cm³/mol. The van der Waals surface area contributed by atoms with E-state index in [-0.39, 0.29) is 5.56 Å². The Labute approximate surface area is 133 Å². The van der Waals surface area contributed by atoms with Gasteiger partial charge in [0.1, 0.15) is 5.75 Å². The first-order valence-electron chi connectivity index (χ1n) is 7.14. The van der Waals surface area contributed by atoms with Crippen molar-refractivity contribution in [1.29, 1.82) is 0 Å². The summed E-state index contributed by atoms with van der Waals surface area (Å²) in [5, 5.41) is 0. The third-order valence-corrected chi connectivity index (χ3v) is 3.48. The van der Waals surface area contributed by atoms with Crippen molar-refractivity contribution in [2.24, 2.45) is 11.5 Å². The van der Waals surface area contributed by atoms with Crippen molar-refractivity contribution in [3.8, 4) is 17.0 Å². The second-order valence-electron chi connectivity index (χ2n) is 4.75. The summed E-state index contributed by atoms with van der Waals surface area (Å²) in [6, 6.07) is 9.05. The molecule has 0 saturated carbocycles. The second-order valence-corrected chi connectivity index (χ2v) is 5.14. The number of benzene rings is 1. The molecule has 0 aliphatic carbocycles. The maximum atomic E-state index is 11.8. The van der Waals surface area contributed by atoms with Gasteiger partial charge in [-0.25, -0.2) is 0 Å². The highest BCUT2D eigenvalue weighted by Gasteiger charge is 2.11. The lowest BCUT2D eigenvalue weighted by atomic mass is 10.1. The minimum Gasteiger partial charge on any atom is -0.493 e. The molecule has 1 heterocycles. The summed E-state index contributed by atoms with van der Waals surface area (Å²) in [4.78, 5) is 14.4. The maximum Gasteiger partial charge on any atom is 0.252 e. The number of rotatable bonds is 7. The highest BCUT2D eigenvalue weighted by molar-refractivity contribution is 7.71. The highest BCUT2D eigenvalue weighted by Crippen LogP contribution is 2.29. The van der Waals surface area contributed by atoms with Gasteiger partial charge in [-0.2, -0.15) is 0 Å². The molecule has 7 heteroatoms. The van der Waals surface area contributed by atoms with Gasteiger partial charge in [0.2, 0.25) is 0 Å². The molecular weight excluding hydrogens is 300 g/mol. The van der Waals surface area contributed by atoms with E-state index in [0.29, 0.717) is 42.5 Å². The summed E-state index contributed by atoms with van der Waals surface area (Å²) in [7, 11) is 0. The van der Waals surface area contributed by atoms with Gasteiger partial charge in [0.05, 0.1) is 12.3 Å². The van der Waals surface area contributed by atoms with Gasteiger partial charge in [-0.3, -0.25) is 9.78 Å². The van der Waals surface area contributed by atoms with Crippen LogP contribution in [0.4, 0.5) is 0 Å². The molecule has 0 aliphatic rings. The van der Waals surface area contributed by atoms with E-state index in [1.807, 2.05) is 28.8 Å². The van der Waals surface area contributed by atoms with Crippen LogP contribution in [0.2, 0.25) is 0 Å².